The molecule has 0 aliphatic heterocycles. The van der Waals surface area contributed by atoms with Gasteiger partial charge in [0.2, 0.25) is 0 Å². The fourth-order valence-electron chi connectivity index (χ4n) is 1.80. The van der Waals surface area contributed by atoms with E-state index in [0.717, 1.165) is 15.6 Å². The summed E-state index contributed by atoms with van der Waals surface area (Å²) in [6.07, 6.45) is 1.46. The molecule has 0 aliphatic rings. The van der Waals surface area contributed by atoms with Gasteiger partial charge in [0.05, 0.1) is 22.3 Å². The van der Waals surface area contributed by atoms with Crippen LogP contribution in [-0.2, 0) is 6.61 Å². The van der Waals surface area contributed by atoms with Gasteiger partial charge in [-0.25, -0.2) is 10.2 Å². The molecule has 2 aromatic carbocycles. The van der Waals surface area contributed by atoms with E-state index in [9.17, 15) is 4.79 Å². The van der Waals surface area contributed by atoms with E-state index in [0.29, 0.717) is 17.9 Å². The molecule has 0 bridgehead atoms. The summed E-state index contributed by atoms with van der Waals surface area (Å²) in [5, 5.41) is 12.7. The fraction of sp³-hybridized carbons (Fsp3) is 0.0625. The van der Waals surface area contributed by atoms with Crippen molar-refractivity contribution in [2.75, 3.05) is 0 Å². The number of nitriles is 1. The number of ether oxygens (including phenoxy) is 1. The maximum Gasteiger partial charge on any atom is 0.332 e. The number of primary amides is 1. The van der Waals surface area contributed by atoms with Crippen molar-refractivity contribution in [1.82, 2.24) is 5.43 Å². The Kier molecular flexibility index (Phi) is 5.72. The number of rotatable bonds is 5. The van der Waals surface area contributed by atoms with Crippen LogP contribution >= 0.6 is 15.9 Å². The summed E-state index contributed by atoms with van der Waals surface area (Å²) in [5.74, 6) is 0.637. The minimum absolute atomic E-state index is 0.291. The number of amides is 2. The largest absolute Gasteiger partial charge is 0.488 e. The first-order valence-electron chi connectivity index (χ1n) is 6.59. The molecular weight excluding hydrogens is 360 g/mol. The SMILES string of the molecule is N#Cc1ccccc1COc1ccc(/C=N/NC(N)=O)cc1Br. The molecule has 2 rings (SSSR count). The summed E-state index contributed by atoms with van der Waals surface area (Å²) >= 11 is 3.41. The van der Waals surface area contributed by atoms with Crippen molar-refractivity contribution in [1.29, 1.82) is 5.26 Å². The predicted octanol–water partition coefficient (Wildman–Crippen LogP) is 2.90. The highest BCUT2D eigenvalue weighted by Crippen LogP contribution is 2.26. The molecule has 2 aromatic rings. The van der Waals surface area contributed by atoms with Crippen LogP contribution in [0.3, 0.4) is 0 Å². The summed E-state index contributed by atoms with van der Waals surface area (Å²) in [6, 6.07) is 14.0. The van der Waals surface area contributed by atoms with E-state index >= 15 is 0 Å². The molecule has 0 heterocycles. The number of urea groups is 1. The second-order valence-electron chi connectivity index (χ2n) is 4.48. The zero-order valence-electron chi connectivity index (χ0n) is 12.0. The van der Waals surface area contributed by atoms with Crippen LogP contribution in [0.1, 0.15) is 16.7 Å². The average Bonchev–Trinajstić information content (AvgIpc) is 2.54. The van der Waals surface area contributed by atoms with E-state index in [4.69, 9.17) is 15.7 Å². The quantitative estimate of drug-likeness (QED) is 0.623. The standard InChI is InChI=1S/C16H13BrN4O2/c17-14-7-11(9-20-21-16(19)22)5-6-15(14)23-10-13-4-2-1-3-12(13)8-18/h1-7,9H,10H2,(H3,19,21,22)/b20-9+. The van der Waals surface area contributed by atoms with Gasteiger partial charge in [0.15, 0.2) is 0 Å². The van der Waals surface area contributed by atoms with Gasteiger partial charge in [-0.3, -0.25) is 0 Å². The van der Waals surface area contributed by atoms with E-state index in [1.165, 1.54) is 6.21 Å². The Labute approximate surface area is 141 Å². The number of nitrogens with zero attached hydrogens (tertiary/aromatic N) is 2. The second kappa shape index (κ2) is 7.96. The van der Waals surface area contributed by atoms with Crippen molar-refractivity contribution in [3.05, 3.63) is 63.6 Å². The maximum absolute atomic E-state index is 10.5. The van der Waals surface area contributed by atoms with Crippen LogP contribution < -0.4 is 15.9 Å². The van der Waals surface area contributed by atoms with Gasteiger partial charge in [0.1, 0.15) is 12.4 Å². The first-order chi connectivity index (χ1) is 11.1. The minimum Gasteiger partial charge on any atom is -0.488 e. The molecule has 7 heteroatoms. The Morgan fingerprint density at radius 2 is 2.17 bits per heavy atom. The maximum atomic E-state index is 10.5. The van der Waals surface area contributed by atoms with Gasteiger partial charge < -0.3 is 10.5 Å². The molecule has 0 aliphatic carbocycles. The third kappa shape index (κ3) is 4.83. The number of nitrogens with two attached hydrogens (primary N) is 1. The van der Waals surface area contributed by atoms with Gasteiger partial charge in [-0.1, -0.05) is 18.2 Å². The van der Waals surface area contributed by atoms with Gasteiger partial charge in [-0.2, -0.15) is 10.4 Å². The van der Waals surface area contributed by atoms with Crippen LogP contribution in [0.4, 0.5) is 4.79 Å². The van der Waals surface area contributed by atoms with Crippen LogP contribution in [0.5, 0.6) is 5.75 Å². The van der Waals surface area contributed by atoms with E-state index in [1.54, 1.807) is 24.3 Å². The summed E-state index contributed by atoms with van der Waals surface area (Å²) < 4.78 is 6.46. The lowest BCUT2D eigenvalue weighted by Crippen LogP contribution is -2.24. The lowest BCUT2D eigenvalue weighted by atomic mass is 10.1. The lowest BCUT2D eigenvalue weighted by Gasteiger charge is -2.09. The summed E-state index contributed by atoms with van der Waals surface area (Å²) in [7, 11) is 0. The summed E-state index contributed by atoms with van der Waals surface area (Å²) in [4.78, 5) is 10.5. The van der Waals surface area contributed by atoms with Gasteiger partial charge >= 0.3 is 6.03 Å². The lowest BCUT2D eigenvalue weighted by molar-refractivity contribution is 0.249. The van der Waals surface area contributed by atoms with Crippen LogP contribution in [0, 0.1) is 11.3 Å². The molecule has 0 atom stereocenters. The molecule has 0 unspecified atom stereocenters. The van der Waals surface area contributed by atoms with Crippen LogP contribution in [-0.4, -0.2) is 12.2 Å². The summed E-state index contributed by atoms with van der Waals surface area (Å²) in [6.45, 7) is 0.291. The average molecular weight is 373 g/mol. The number of hydrogen-bond acceptors (Lipinski definition) is 4. The number of carbonyl (C=O) groups is 1. The second-order valence-corrected chi connectivity index (χ2v) is 5.34. The number of hydrazone groups is 1. The van der Waals surface area contributed by atoms with Crippen molar-refractivity contribution in [2.45, 2.75) is 6.61 Å². The first kappa shape index (κ1) is 16.5. The van der Waals surface area contributed by atoms with Crippen molar-refractivity contribution in [3.8, 4) is 11.8 Å². The van der Waals surface area contributed by atoms with Crippen molar-refractivity contribution in [2.24, 2.45) is 10.8 Å². The van der Waals surface area contributed by atoms with E-state index in [2.05, 4.69) is 32.5 Å². The molecule has 3 N–H and O–H groups in total. The number of halogens is 1. The molecule has 0 spiro atoms. The molecule has 0 saturated carbocycles. The topological polar surface area (TPSA) is 100 Å². The number of nitrogens with one attached hydrogen (secondary N) is 1. The highest BCUT2D eigenvalue weighted by molar-refractivity contribution is 9.10. The smallest absolute Gasteiger partial charge is 0.332 e. The third-order valence-electron chi connectivity index (χ3n) is 2.87. The van der Waals surface area contributed by atoms with E-state index in [1.807, 2.05) is 18.2 Å². The Balaban J connectivity index is 2.05. The summed E-state index contributed by atoms with van der Waals surface area (Å²) in [5.41, 5.74) is 9.20. The minimum atomic E-state index is -0.726. The molecule has 23 heavy (non-hydrogen) atoms. The Morgan fingerprint density at radius 1 is 1.39 bits per heavy atom. The predicted molar refractivity (Wildman–Crippen MR) is 89.9 cm³/mol. The van der Waals surface area contributed by atoms with Crippen LogP contribution in [0.15, 0.2) is 52.0 Å². The number of hydrogen-bond donors (Lipinski definition) is 2. The van der Waals surface area contributed by atoms with Crippen molar-refractivity contribution < 1.29 is 9.53 Å². The monoisotopic (exact) mass is 372 g/mol. The molecule has 2 amide bonds. The molecule has 0 fully saturated rings. The fourth-order valence-corrected chi connectivity index (χ4v) is 2.31. The van der Waals surface area contributed by atoms with E-state index in [-0.39, 0.29) is 0 Å². The number of carbonyl (C=O) groups excluding carboxylic acids is 1. The Bertz CT molecular complexity index is 784. The van der Waals surface area contributed by atoms with Gasteiger partial charge in [-0.15, -0.1) is 0 Å². The Hall–Kier alpha value is -2.85. The molecule has 0 aromatic heterocycles. The Morgan fingerprint density at radius 3 is 2.87 bits per heavy atom. The normalized spacial score (nSPS) is 10.3. The zero-order chi connectivity index (χ0) is 16.7. The molecule has 6 nitrogen and oxygen atoms in total. The van der Waals surface area contributed by atoms with E-state index < -0.39 is 6.03 Å². The molecule has 0 saturated heterocycles. The first-order valence-corrected chi connectivity index (χ1v) is 7.38. The zero-order valence-corrected chi connectivity index (χ0v) is 13.6. The third-order valence-corrected chi connectivity index (χ3v) is 3.48. The molecule has 0 radical (unpaired) electrons. The van der Waals surface area contributed by atoms with Gasteiger partial charge in [0.25, 0.3) is 0 Å². The van der Waals surface area contributed by atoms with Crippen LogP contribution in [0.2, 0.25) is 0 Å². The molecule has 116 valence electrons. The van der Waals surface area contributed by atoms with Crippen molar-refractivity contribution >= 4 is 28.2 Å². The van der Waals surface area contributed by atoms with Crippen molar-refractivity contribution in [3.63, 3.8) is 0 Å². The highest BCUT2D eigenvalue weighted by Gasteiger charge is 2.05. The van der Waals surface area contributed by atoms with Crippen LogP contribution in [0.25, 0.3) is 0 Å². The molecular formula is C16H13BrN4O2. The van der Waals surface area contributed by atoms with Gasteiger partial charge in [0, 0.05) is 5.56 Å². The highest BCUT2D eigenvalue weighted by atomic mass is 79.9. The van der Waals surface area contributed by atoms with Gasteiger partial charge in [-0.05, 0) is 45.8 Å². The number of benzene rings is 2.